The summed E-state index contributed by atoms with van der Waals surface area (Å²) in [5, 5.41) is 17.9. The van der Waals surface area contributed by atoms with Gasteiger partial charge in [-0.15, -0.1) is 0 Å². The molecule has 0 amide bonds. The second-order valence-electron chi connectivity index (χ2n) is 9.50. The second kappa shape index (κ2) is 10.3. The molecule has 0 radical (unpaired) electrons. The lowest BCUT2D eigenvalue weighted by Gasteiger charge is -2.15. The lowest BCUT2D eigenvalue weighted by Crippen LogP contribution is -2.15. The number of aryl methyl sites for hydroxylation is 1. The van der Waals surface area contributed by atoms with Gasteiger partial charge in [0.05, 0.1) is 34.0 Å². The highest BCUT2D eigenvalue weighted by Gasteiger charge is 2.26. The molecule has 0 fully saturated rings. The molecule has 0 saturated carbocycles. The van der Waals surface area contributed by atoms with E-state index in [4.69, 9.17) is 0 Å². The maximum Gasteiger partial charge on any atom is 0.265 e. The van der Waals surface area contributed by atoms with Crippen LogP contribution in [0.2, 0.25) is 0 Å². The van der Waals surface area contributed by atoms with Gasteiger partial charge < -0.3 is 5.11 Å². The third-order valence-electron chi connectivity index (χ3n) is 6.80. The zero-order valence-electron chi connectivity index (χ0n) is 21.9. The van der Waals surface area contributed by atoms with E-state index in [2.05, 4.69) is 14.8 Å². The molecule has 200 valence electrons. The van der Waals surface area contributed by atoms with Crippen molar-refractivity contribution < 1.29 is 13.5 Å². The molecular weight excluding hydrogens is 541 g/mol. The Morgan fingerprint density at radius 2 is 1.60 bits per heavy atom. The maximum absolute atomic E-state index is 13.8. The van der Waals surface area contributed by atoms with Crippen LogP contribution in [0.3, 0.4) is 0 Å². The van der Waals surface area contributed by atoms with E-state index in [-0.39, 0.29) is 10.6 Å². The van der Waals surface area contributed by atoms with Crippen LogP contribution in [0, 0.1) is 13.8 Å². The molecule has 2 aromatic heterocycles. The number of pyridine rings is 1. The number of phenolic OH excluding ortho intramolecular Hbond substituents is 1. The lowest BCUT2D eigenvalue weighted by atomic mass is 10.1. The number of para-hydroxylation sites is 1. The molecule has 6 rings (SSSR count). The van der Waals surface area contributed by atoms with Gasteiger partial charge in [-0.1, -0.05) is 84.6 Å². The van der Waals surface area contributed by atoms with Gasteiger partial charge in [0.2, 0.25) is 0 Å². The lowest BCUT2D eigenvalue weighted by molar-refractivity contribution is 0.469. The van der Waals surface area contributed by atoms with Crippen LogP contribution in [0.25, 0.3) is 21.7 Å². The summed E-state index contributed by atoms with van der Waals surface area (Å²) in [6.07, 6.45) is 1.73. The molecule has 0 unspecified atom stereocenters. The first-order chi connectivity index (χ1) is 19.3. The third kappa shape index (κ3) is 4.78. The average molecular weight is 567 g/mol. The Kier molecular flexibility index (Phi) is 6.69. The summed E-state index contributed by atoms with van der Waals surface area (Å²) < 4.78 is 32.2. The van der Waals surface area contributed by atoms with Crippen molar-refractivity contribution in [3.05, 3.63) is 114 Å². The monoisotopic (exact) mass is 566 g/mol. The van der Waals surface area contributed by atoms with E-state index in [1.807, 2.05) is 72.8 Å². The van der Waals surface area contributed by atoms with E-state index in [1.165, 1.54) is 11.8 Å². The van der Waals surface area contributed by atoms with E-state index < -0.39 is 10.0 Å². The van der Waals surface area contributed by atoms with Crippen LogP contribution in [-0.4, -0.2) is 28.3 Å². The summed E-state index contributed by atoms with van der Waals surface area (Å²) >= 11 is 1.34. The number of phenols is 1. The minimum Gasteiger partial charge on any atom is -0.506 e. The first kappa shape index (κ1) is 25.9. The molecule has 7 nitrogen and oxygen atoms in total. The van der Waals surface area contributed by atoms with Crippen LogP contribution >= 0.6 is 11.8 Å². The van der Waals surface area contributed by atoms with Crippen LogP contribution in [0.5, 0.6) is 5.75 Å². The van der Waals surface area contributed by atoms with Gasteiger partial charge in [0.15, 0.2) is 0 Å². The molecule has 4 aromatic carbocycles. The number of nitrogens with one attached hydrogen (secondary N) is 1. The number of fused-ring (bicyclic) bond motifs is 2. The van der Waals surface area contributed by atoms with Crippen molar-refractivity contribution in [2.45, 2.75) is 35.1 Å². The van der Waals surface area contributed by atoms with Crippen LogP contribution < -0.4 is 4.72 Å². The molecule has 2 heterocycles. The fraction of sp³-hybridized carbons (Fsp3) is 0.0968. The van der Waals surface area contributed by atoms with Crippen LogP contribution in [-0.2, 0) is 16.6 Å². The van der Waals surface area contributed by atoms with Crippen molar-refractivity contribution in [2.75, 3.05) is 4.72 Å². The van der Waals surface area contributed by atoms with Gasteiger partial charge in [0, 0.05) is 27.3 Å². The summed E-state index contributed by atoms with van der Waals surface area (Å²) in [6, 6.07) is 28.4. The van der Waals surface area contributed by atoms with Crippen molar-refractivity contribution >= 4 is 49.1 Å². The van der Waals surface area contributed by atoms with Crippen molar-refractivity contribution in [2.24, 2.45) is 0 Å². The quantitative estimate of drug-likeness (QED) is 0.204. The molecule has 2 N–H and O–H groups in total. The van der Waals surface area contributed by atoms with E-state index in [9.17, 15) is 13.5 Å². The molecule has 0 saturated heterocycles. The Balaban J connectivity index is 1.41. The number of anilines is 1. The molecule has 40 heavy (non-hydrogen) atoms. The Hall–Kier alpha value is -4.34. The van der Waals surface area contributed by atoms with Crippen LogP contribution in [0.1, 0.15) is 17.0 Å². The predicted molar refractivity (Wildman–Crippen MR) is 160 cm³/mol. The van der Waals surface area contributed by atoms with E-state index in [0.29, 0.717) is 39.3 Å². The zero-order chi connectivity index (χ0) is 27.9. The maximum atomic E-state index is 13.8. The fourth-order valence-electron chi connectivity index (χ4n) is 4.95. The Morgan fingerprint density at radius 1 is 0.875 bits per heavy atom. The molecule has 0 aliphatic rings. The first-order valence-electron chi connectivity index (χ1n) is 12.7. The third-order valence-corrected chi connectivity index (χ3v) is 9.50. The molecule has 6 aromatic rings. The number of sulfonamides is 1. The average Bonchev–Trinajstić information content (AvgIpc) is 3.24. The number of aromatic nitrogens is 3. The summed E-state index contributed by atoms with van der Waals surface area (Å²) in [7, 11) is -4.01. The Bertz CT molecular complexity index is 1980. The number of hydrogen-bond donors (Lipinski definition) is 2. The number of rotatable bonds is 7. The standard InChI is InChI=1S/C31H26N4O3S2/c1-20-31(21(2)35(33-20)19-22-10-4-3-5-11-22)40(37,38)34-26-18-28(30(36)25-15-7-6-14-24(25)26)39-27-16-8-12-23-13-9-17-32-29(23)27/h3-18,34,36H,19H2,1-2H3. The molecule has 0 aliphatic heterocycles. The summed E-state index contributed by atoms with van der Waals surface area (Å²) in [5.41, 5.74) is 3.17. The fourth-order valence-corrected chi connectivity index (χ4v) is 7.47. The minimum atomic E-state index is -4.01. The Labute approximate surface area is 236 Å². The van der Waals surface area contributed by atoms with Crippen molar-refractivity contribution in [1.29, 1.82) is 0 Å². The number of hydrogen-bond acceptors (Lipinski definition) is 6. The van der Waals surface area contributed by atoms with E-state index in [1.54, 1.807) is 42.9 Å². The molecule has 9 heteroatoms. The van der Waals surface area contributed by atoms with Gasteiger partial charge in [-0.05, 0) is 37.6 Å². The SMILES string of the molecule is Cc1nn(Cc2ccccc2)c(C)c1S(=O)(=O)Nc1cc(Sc2cccc3cccnc23)c(O)c2ccccc12. The predicted octanol–water partition coefficient (Wildman–Crippen LogP) is 6.91. The van der Waals surface area contributed by atoms with Gasteiger partial charge in [-0.2, -0.15) is 5.10 Å². The van der Waals surface area contributed by atoms with Crippen LogP contribution in [0.4, 0.5) is 5.69 Å². The zero-order valence-corrected chi connectivity index (χ0v) is 23.5. The van der Waals surface area contributed by atoms with Gasteiger partial charge >= 0.3 is 0 Å². The van der Waals surface area contributed by atoms with E-state index in [0.717, 1.165) is 21.4 Å². The molecule has 0 spiro atoms. The molecule has 0 bridgehead atoms. The topological polar surface area (TPSA) is 97.1 Å². The first-order valence-corrected chi connectivity index (χ1v) is 15.0. The molecular formula is C31H26N4O3S2. The van der Waals surface area contributed by atoms with Crippen LogP contribution in [0.15, 0.2) is 112 Å². The normalized spacial score (nSPS) is 11.8. The van der Waals surface area contributed by atoms with E-state index >= 15 is 0 Å². The highest BCUT2D eigenvalue weighted by Crippen LogP contribution is 2.44. The van der Waals surface area contributed by atoms with Gasteiger partial charge in [0.25, 0.3) is 10.0 Å². The van der Waals surface area contributed by atoms with Gasteiger partial charge in [-0.25, -0.2) is 8.42 Å². The summed E-state index contributed by atoms with van der Waals surface area (Å²) in [6.45, 7) is 3.93. The Morgan fingerprint density at radius 3 is 2.40 bits per heavy atom. The minimum absolute atomic E-state index is 0.0829. The number of nitrogens with zero attached hydrogens (tertiary/aromatic N) is 3. The number of aromatic hydroxyl groups is 1. The van der Waals surface area contributed by atoms with Crippen molar-refractivity contribution in [3.8, 4) is 5.75 Å². The molecule has 0 aliphatic carbocycles. The number of benzene rings is 4. The van der Waals surface area contributed by atoms with Crippen molar-refractivity contribution in [3.63, 3.8) is 0 Å². The smallest absolute Gasteiger partial charge is 0.265 e. The van der Waals surface area contributed by atoms with Crippen molar-refractivity contribution in [1.82, 2.24) is 14.8 Å². The molecule has 0 atom stereocenters. The highest BCUT2D eigenvalue weighted by atomic mass is 32.2. The summed E-state index contributed by atoms with van der Waals surface area (Å²) in [5.74, 6) is 0.0829. The highest BCUT2D eigenvalue weighted by molar-refractivity contribution is 7.99. The van der Waals surface area contributed by atoms with Gasteiger partial charge in [0.1, 0.15) is 10.6 Å². The largest absolute Gasteiger partial charge is 0.506 e. The summed E-state index contributed by atoms with van der Waals surface area (Å²) in [4.78, 5) is 6.04. The van der Waals surface area contributed by atoms with Gasteiger partial charge in [-0.3, -0.25) is 14.4 Å². The second-order valence-corrected chi connectivity index (χ2v) is 12.2.